The summed E-state index contributed by atoms with van der Waals surface area (Å²) in [6.45, 7) is 1.95. The van der Waals surface area contributed by atoms with Gasteiger partial charge in [-0.05, 0) is 32.1 Å². The third-order valence-electron chi connectivity index (χ3n) is 4.11. The number of aromatic nitrogens is 2. The number of nitrogens with one attached hydrogen (secondary N) is 1. The molecule has 0 aliphatic carbocycles. The molecule has 6 heteroatoms. The van der Waals surface area contributed by atoms with Gasteiger partial charge >= 0.3 is 6.03 Å². The number of carbonyl (C=O) groups is 1. The standard InChI is InChI=1S/C16H21N5O/c1-19-11-9-14(12-19)20(2)16(22)18-15-8-10-17-21(15)13-6-4-3-5-7-13/h3-8,10,14H,9,11-12H2,1-2H3,(H,18,22). The zero-order valence-electron chi connectivity index (χ0n) is 12.9. The number of likely N-dealkylation sites (N-methyl/N-ethyl adjacent to an activating group) is 2. The predicted molar refractivity (Wildman–Crippen MR) is 86.2 cm³/mol. The number of amides is 2. The van der Waals surface area contributed by atoms with Crippen molar-refractivity contribution in [2.75, 3.05) is 32.5 Å². The SMILES string of the molecule is CN1CCC(N(C)C(=O)Nc2ccnn2-c2ccccc2)C1. The third-order valence-corrected chi connectivity index (χ3v) is 4.11. The summed E-state index contributed by atoms with van der Waals surface area (Å²) in [4.78, 5) is 16.5. The highest BCUT2D eigenvalue weighted by molar-refractivity contribution is 5.88. The fourth-order valence-corrected chi connectivity index (χ4v) is 2.76. The second-order valence-electron chi connectivity index (χ2n) is 5.71. The number of nitrogens with zero attached hydrogens (tertiary/aromatic N) is 4. The van der Waals surface area contributed by atoms with Crippen molar-refractivity contribution in [1.82, 2.24) is 19.6 Å². The van der Waals surface area contributed by atoms with E-state index in [0.717, 1.165) is 25.2 Å². The summed E-state index contributed by atoms with van der Waals surface area (Å²) in [6.07, 6.45) is 2.70. The van der Waals surface area contributed by atoms with E-state index in [1.54, 1.807) is 21.8 Å². The molecule has 2 amide bonds. The molecular formula is C16H21N5O. The van der Waals surface area contributed by atoms with E-state index < -0.39 is 0 Å². The van der Waals surface area contributed by atoms with Gasteiger partial charge < -0.3 is 9.80 Å². The van der Waals surface area contributed by atoms with Gasteiger partial charge in [-0.25, -0.2) is 9.48 Å². The summed E-state index contributed by atoms with van der Waals surface area (Å²) in [5.41, 5.74) is 0.922. The van der Waals surface area contributed by atoms with Crippen LogP contribution >= 0.6 is 0 Å². The van der Waals surface area contributed by atoms with Gasteiger partial charge in [-0.1, -0.05) is 18.2 Å². The first-order chi connectivity index (χ1) is 10.6. The zero-order chi connectivity index (χ0) is 15.5. The second-order valence-corrected chi connectivity index (χ2v) is 5.71. The highest BCUT2D eigenvalue weighted by Crippen LogP contribution is 2.17. The van der Waals surface area contributed by atoms with E-state index in [1.165, 1.54) is 0 Å². The van der Waals surface area contributed by atoms with Crippen LogP contribution in [0.25, 0.3) is 5.69 Å². The summed E-state index contributed by atoms with van der Waals surface area (Å²) >= 11 is 0. The Labute approximate surface area is 130 Å². The van der Waals surface area contributed by atoms with Crippen LogP contribution in [0.4, 0.5) is 10.6 Å². The van der Waals surface area contributed by atoms with Crippen LogP contribution in [0.15, 0.2) is 42.6 Å². The molecule has 1 aliphatic rings. The van der Waals surface area contributed by atoms with Crippen LogP contribution in [-0.2, 0) is 0 Å². The monoisotopic (exact) mass is 299 g/mol. The van der Waals surface area contributed by atoms with Crippen molar-refractivity contribution in [3.63, 3.8) is 0 Å². The second kappa shape index (κ2) is 6.19. The van der Waals surface area contributed by atoms with Crippen molar-refractivity contribution in [1.29, 1.82) is 0 Å². The molecule has 1 aromatic heterocycles. The minimum absolute atomic E-state index is 0.0991. The average molecular weight is 299 g/mol. The van der Waals surface area contributed by atoms with Crippen LogP contribution in [0, 0.1) is 0 Å². The lowest BCUT2D eigenvalue weighted by atomic mass is 10.2. The Morgan fingerprint density at radius 3 is 2.77 bits per heavy atom. The smallest absolute Gasteiger partial charge is 0.323 e. The molecule has 2 heterocycles. The normalized spacial score (nSPS) is 18.4. The molecule has 0 saturated carbocycles. The number of benzene rings is 1. The molecule has 1 saturated heterocycles. The van der Waals surface area contributed by atoms with Crippen molar-refractivity contribution in [3.8, 4) is 5.69 Å². The third kappa shape index (κ3) is 2.96. The van der Waals surface area contributed by atoms with Crippen LogP contribution in [0.5, 0.6) is 0 Å². The van der Waals surface area contributed by atoms with Gasteiger partial charge in [0, 0.05) is 25.7 Å². The molecule has 1 aliphatic heterocycles. The summed E-state index contributed by atoms with van der Waals surface area (Å²) < 4.78 is 1.73. The van der Waals surface area contributed by atoms with Crippen LogP contribution in [0.1, 0.15) is 6.42 Å². The van der Waals surface area contributed by atoms with Crippen LogP contribution < -0.4 is 5.32 Å². The van der Waals surface area contributed by atoms with Crippen molar-refractivity contribution in [2.45, 2.75) is 12.5 Å². The van der Waals surface area contributed by atoms with E-state index in [4.69, 9.17) is 0 Å². The molecule has 1 atom stereocenters. The van der Waals surface area contributed by atoms with Gasteiger partial charge in [-0.2, -0.15) is 5.10 Å². The summed E-state index contributed by atoms with van der Waals surface area (Å²) in [5, 5.41) is 7.23. The number of likely N-dealkylation sites (tertiary alicyclic amines) is 1. The molecule has 1 aromatic carbocycles. The van der Waals surface area contributed by atoms with E-state index >= 15 is 0 Å². The van der Waals surface area contributed by atoms with E-state index in [-0.39, 0.29) is 12.1 Å². The van der Waals surface area contributed by atoms with Crippen molar-refractivity contribution in [3.05, 3.63) is 42.6 Å². The Bertz CT molecular complexity index is 639. The Morgan fingerprint density at radius 2 is 2.09 bits per heavy atom. The summed E-state index contributed by atoms with van der Waals surface area (Å²) in [5.74, 6) is 0.675. The Hall–Kier alpha value is -2.34. The molecule has 1 fully saturated rings. The fourth-order valence-electron chi connectivity index (χ4n) is 2.76. The number of anilines is 1. The molecule has 1 unspecified atom stereocenters. The molecule has 116 valence electrons. The number of hydrogen-bond acceptors (Lipinski definition) is 3. The summed E-state index contributed by atoms with van der Waals surface area (Å²) in [6, 6.07) is 11.7. The molecule has 22 heavy (non-hydrogen) atoms. The highest BCUT2D eigenvalue weighted by atomic mass is 16.2. The Morgan fingerprint density at radius 1 is 1.32 bits per heavy atom. The van der Waals surface area contributed by atoms with Crippen molar-refractivity contribution in [2.24, 2.45) is 0 Å². The van der Waals surface area contributed by atoms with Gasteiger partial charge in [-0.3, -0.25) is 5.32 Å². The Balaban J connectivity index is 1.71. The van der Waals surface area contributed by atoms with Crippen molar-refractivity contribution >= 4 is 11.8 Å². The first-order valence-corrected chi connectivity index (χ1v) is 7.47. The lowest BCUT2D eigenvalue weighted by molar-refractivity contribution is 0.204. The molecule has 0 bridgehead atoms. The lowest BCUT2D eigenvalue weighted by Gasteiger charge is -2.24. The van der Waals surface area contributed by atoms with E-state index in [1.807, 2.05) is 37.4 Å². The quantitative estimate of drug-likeness (QED) is 0.943. The average Bonchev–Trinajstić information content (AvgIpc) is 3.16. The fraction of sp³-hybridized carbons (Fsp3) is 0.375. The zero-order valence-corrected chi connectivity index (χ0v) is 12.9. The maximum Gasteiger partial charge on any atom is 0.323 e. The number of para-hydroxylation sites is 1. The maximum absolute atomic E-state index is 12.4. The van der Waals surface area contributed by atoms with E-state index in [2.05, 4.69) is 22.4 Å². The summed E-state index contributed by atoms with van der Waals surface area (Å²) in [7, 11) is 3.93. The number of urea groups is 1. The number of hydrogen-bond donors (Lipinski definition) is 1. The first kappa shape index (κ1) is 14.6. The molecule has 1 N–H and O–H groups in total. The van der Waals surface area contributed by atoms with Crippen LogP contribution in [0.2, 0.25) is 0 Å². The van der Waals surface area contributed by atoms with E-state index in [9.17, 15) is 4.79 Å². The van der Waals surface area contributed by atoms with Gasteiger partial charge in [0.1, 0.15) is 5.82 Å². The molecule has 0 radical (unpaired) electrons. The van der Waals surface area contributed by atoms with Gasteiger partial charge in [0.05, 0.1) is 11.9 Å². The highest BCUT2D eigenvalue weighted by Gasteiger charge is 2.26. The number of rotatable bonds is 3. The molecule has 2 aromatic rings. The van der Waals surface area contributed by atoms with Gasteiger partial charge in [0.2, 0.25) is 0 Å². The van der Waals surface area contributed by atoms with Gasteiger partial charge in [-0.15, -0.1) is 0 Å². The largest absolute Gasteiger partial charge is 0.323 e. The molecular weight excluding hydrogens is 278 g/mol. The van der Waals surface area contributed by atoms with Gasteiger partial charge in [0.25, 0.3) is 0 Å². The maximum atomic E-state index is 12.4. The first-order valence-electron chi connectivity index (χ1n) is 7.47. The predicted octanol–water partition coefficient (Wildman–Crippen LogP) is 2.04. The minimum Gasteiger partial charge on any atom is -0.323 e. The lowest BCUT2D eigenvalue weighted by Crippen LogP contribution is -2.41. The minimum atomic E-state index is -0.0991. The van der Waals surface area contributed by atoms with Gasteiger partial charge in [0.15, 0.2) is 0 Å². The van der Waals surface area contributed by atoms with Crippen molar-refractivity contribution < 1.29 is 4.79 Å². The Kier molecular flexibility index (Phi) is 4.11. The van der Waals surface area contributed by atoms with Crippen LogP contribution in [0.3, 0.4) is 0 Å². The topological polar surface area (TPSA) is 53.4 Å². The molecule has 6 nitrogen and oxygen atoms in total. The van der Waals surface area contributed by atoms with Crippen LogP contribution in [-0.4, -0.2) is 58.8 Å². The number of carbonyl (C=O) groups excluding carboxylic acids is 1. The molecule has 3 rings (SSSR count). The molecule has 0 spiro atoms. The van der Waals surface area contributed by atoms with E-state index in [0.29, 0.717) is 5.82 Å².